The predicted octanol–water partition coefficient (Wildman–Crippen LogP) is 2.63. The van der Waals surface area contributed by atoms with Gasteiger partial charge in [0.25, 0.3) is 5.78 Å². The van der Waals surface area contributed by atoms with E-state index in [2.05, 4.69) is 43.0 Å². The lowest BCUT2D eigenvalue weighted by molar-refractivity contribution is 0.868. The number of nitrogens with two attached hydrogens (primary N) is 2. The Kier molecular flexibility index (Phi) is 3.31. The van der Waals surface area contributed by atoms with Crippen molar-refractivity contribution in [2.75, 3.05) is 5.73 Å². The molecule has 1 fully saturated rings. The van der Waals surface area contributed by atoms with Gasteiger partial charge in [-0.15, -0.1) is 5.10 Å². The van der Waals surface area contributed by atoms with Crippen molar-refractivity contribution in [1.82, 2.24) is 19.6 Å². The second kappa shape index (κ2) is 5.27. The number of nitrogens with zero attached hydrogens (tertiary/aromatic N) is 4. The van der Waals surface area contributed by atoms with Gasteiger partial charge in [-0.25, -0.2) is 4.98 Å². The third-order valence-electron chi connectivity index (χ3n) is 4.70. The second-order valence-electron chi connectivity index (χ2n) is 6.76. The molecule has 0 amide bonds. The minimum absolute atomic E-state index is 0.315. The fraction of sp³-hybridized carbons (Fsp3) is 0.389. The van der Waals surface area contributed by atoms with Crippen molar-refractivity contribution in [3.8, 4) is 11.3 Å². The van der Waals surface area contributed by atoms with Gasteiger partial charge in [0.1, 0.15) is 5.82 Å². The van der Waals surface area contributed by atoms with Gasteiger partial charge in [0, 0.05) is 23.6 Å². The van der Waals surface area contributed by atoms with Crippen LogP contribution in [-0.4, -0.2) is 19.6 Å². The highest BCUT2D eigenvalue weighted by molar-refractivity contribution is 5.75. The van der Waals surface area contributed by atoms with Gasteiger partial charge < -0.3 is 11.5 Å². The second-order valence-corrected chi connectivity index (χ2v) is 6.76. The van der Waals surface area contributed by atoms with Crippen molar-refractivity contribution in [2.45, 2.75) is 46.1 Å². The van der Waals surface area contributed by atoms with Gasteiger partial charge in [-0.2, -0.15) is 9.50 Å². The van der Waals surface area contributed by atoms with E-state index >= 15 is 0 Å². The molecule has 1 aliphatic rings. The maximum atomic E-state index is 6.37. The molecular weight excluding hydrogens is 300 g/mol. The number of aromatic nitrogens is 4. The monoisotopic (exact) mass is 322 g/mol. The van der Waals surface area contributed by atoms with E-state index in [9.17, 15) is 0 Å². The van der Waals surface area contributed by atoms with Crippen LogP contribution in [0.1, 0.15) is 46.8 Å². The molecule has 2 heterocycles. The van der Waals surface area contributed by atoms with Crippen LogP contribution < -0.4 is 11.5 Å². The lowest BCUT2D eigenvalue weighted by Gasteiger charge is -2.15. The molecule has 4 N–H and O–H groups in total. The average molecular weight is 322 g/mol. The predicted molar refractivity (Wildman–Crippen MR) is 94.7 cm³/mol. The van der Waals surface area contributed by atoms with Gasteiger partial charge in [0.2, 0.25) is 0 Å². The fourth-order valence-corrected chi connectivity index (χ4v) is 3.45. The summed E-state index contributed by atoms with van der Waals surface area (Å²) in [5.74, 6) is 2.39. The van der Waals surface area contributed by atoms with Gasteiger partial charge in [0.15, 0.2) is 5.82 Å². The van der Waals surface area contributed by atoms with E-state index in [0.29, 0.717) is 24.1 Å². The normalized spacial score (nSPS) is 14.5. The molecule has 0 spiro atoms. The zero-order valence-corrected chi connectivity index (χ0v) is 14.3. The van der Waals surface area contributed by atoms with Gasteiger partial charge in [-0.1, -0.05) is 17.7 Å². The summed E-state index contributed by atoms with van der Waals surface area (Å²) in [6, 6.07) is 4.31. The van der Waals surface area contributed by atoms with E-state index in [4.69, 9.17) is 16.5 Å². The van der Waals surface area contributed by atoms with Crippen molar-refractivity contribution in [3.05, 3.63) is 40.2 Å². The van der Waals surface area contributed by atoms with E-state index in [1.165, 1.54) is 16.7 Å². The number of benzene rings is 1. The van der Waals surface area contributed by atoms with Gasteiger partial charge >= 0.3 is 0 Å². The first-order valence-electron chi connectivity index (χ1n) is 8.33. The average Bonchev–Trinajstić information content (AvgIpc) is 3.27. The highest BCUT2D eigenvalue weighted by atomic mass is 15.4. The topological polar surface area (TPSA) is 95.1 Å². The van der Waals surface area contributed by atoms with E-state index in [1.807, 2.05) is 0 Å². The SMILES string of the molecule is Cc1cc(C)c(-c2nc3nc(C4CC4)nn3c(N)c2CN)c(C)c1. The van der Waals surface area contributed by atoms with Crippen LogP contribution in [-0.2, 0) is 6.54 Å². The smallest absolute Gasteiger partial charge is 0.254 e. The first-order valence-corrected chi connectivity index (χ1v) is 8.33. The molecule has 0 saturated heterocycles. The molecule has 1 saturated carbocycles. The summed E-state index contributed by atoms with van der Waals surface area (Å²) in [5, 5.41) is 4.54. The molecule has 4 rings (SSSR count). The summed E-state index contributed by atoms with van der Waals surface area (Å²) >= 11 is 0. The number of fused-ring (bicyclic) bond motifs is 1. The van der Waals surface area contributed by atoms with Crippen molar-refractivity contribution < 1.29 is 0 Å². The van der Waals surface area contributed by atoms with Crippen molar-refractivity contribution in [3.63, 3.8) is 0 Å². The number of aryl methyl sites for hydroxylation is 3. The minimum atomic E-state index is 0.315. The Balaban J connectivity index is 2.01. The summed E-state index contributed by atoms with van der Waals surface area (Å²) in [6.45, 7) is 6.60. The van der Waals surface area contributed by atoms with Crippen LogP contribution >= 0.6 is 0 Å². The van der Waals surface area contributed by atoms with Crippen LogP contribution in [0.5, 0.6) is 0 Å². The van der Waals surface area contributed by atoms with Crippen LogP contribution in [0.2, 0.25) is 0 Å². The maximum absolute atomic E-state index is 6.37. The molecule has 124 valence electrons. The van der Waals surface area contributed by atoms with Crippen LogP contribution in [0.25, 0.3) is 17.0 Å². The van der Waals surface area contributed by atoms with E-state index in [1.54, 1.807) is 4.52 Å². The van der Waals surface area contributed by atoms with Crippen molar-refractivity contribution in [1.29, 1.82) is 0 Å². The van der Waals surface area contributed by atoms with E-state index in [0.717, 1.165) is 35.5 Å². The highest BCUT2D eigenvalue weighted by Gasteiger charge is 2.29. The van der Waals surface area contributed by atoms with Gasteiger partial charge in [0.05, 0.1) is 5.69 Å². The molecule has 3 aromatic rings. The Labute approximate surface area is 140 Å². The zero-order valence-electron chi connectivity index (χ0n) is 14.3. The Morgan fingerprint density at radius 2 is 1.79 bits per heavy atom. The van der Waals surface area contributed by atoms with Crippen LogP contribution in [0.3, 0.4) is 0 Å². The number of rotatable bonds is 3. The molecular formula is C18H22N6. The maximum Gasteiger partial charge on any atom is 0.254 e. The molecule has 24 heavy (non-hydrogen) atoms. The number of hydrogen-bond acceptors (Lipinski definition) is 5. The van der Waals surface area contributed by atoms with E-state index < -0.39 is 0 Å². The van der Waals surface area contributed by atoms with Gasteiger partial charge in [-0.05, 0) is 44.7 Å². The molecule has 6 heteroatoms. The zero-order chi connectivity index (χ0) is 17.0. The van der Waals surface area contributed by atoms with Crippen LogP contribution in [0.15, 0.2) is 12.1 Å². The lowest BCUT2D eigenvalue weighted by Crippen LogP contribution is -2.12. The first kappa shape index (κ1) is 15.1. The van der Waals surface area contributed by atoms with Crippen molar-refractivity contribution >= 4 is 11.6 Å². The minimum Gasteiger partial charge on any atom is -0.383 e. The Hall–Kier alpha value is -2.47. The number of hydrogen-bond donors (Lipinski definition) is 2. The molecule has 0 unspecified atom stereocenters. The van der Waals surface area contributed by atoms with Crippen LogP contribution in [0.4, 0.5) is 5.82 Å². The molecule has 0 atom stereocenters. The summed E-state index contributed by atoms with van der Waals surface area (Å²) in [7, 11) is 0. The molecule has 0 bridgehead atoms. The highest BCUT2D eigenvalue weighted by Crippen LogP contribution is 2.39. The Morgan fingerprint density at radius 1 is 1.12 bits per heavy atom. The number of nitrogen functional groups attached to an aromatic ring is 1. The standard InChI is InChI=1S/C18H22N6/c1-9-6-10(2)14(11(3)7-9)15-13(8-19)16(20)24-18(21-15)22-17(23-24)12-4-5-12/h6-7,12H,4-5,8,19-20H2,1-3H3. The molecule has 1 aliphatic carbocycles. The summed E-state index contributed by atoms with van der Waals surface area (Å²) in [5.41, 5.74) is 18.7. The van der Waals surface area contributed by atoms with Crippen LogP contribution in [0, 0.1) is 20.8 Å². The molecule has 6 nitrogen and oxygen atoms in total. The fourth-order valence-electron chi connectivity index (χ4n) is 3.45. The quantitative estimate of drug-likeness (QED) is 0.773. The third-order valence-corrected chi connectivity index (χ3v) is 4.70. The molecule has 2 aromatic heterocycles. The Bertz CT molecular complexity index is 929. The molecule has 1 aromatic carbocycles. The van der Waals surface area contributed by atoms with Gasteiger partial charge in [-0.3, -0.25) is 0 Å². The lowest BCUT2D eigenvalue weighted by atomic mass is 9.94. The summed E-state index contributed by atoms with van der Waals surface area (Å²) < 4.78 is 1.64. The molecule has 0 radical (unpaired) electrons. The largest absolute Gasteiger partial charge is 0.383 e. The summed E-state index contributed by atoms with van der Waals surface area (Å²) in [6.07, 6.45) is 2.28. The molecule has 0 aliphatic heterocycles. The first-order chi connectivity index (χ1) is 11.5. The third kappa shape index (κ3) is 2.26. The Morgan fingerprint density at radius 3 is 2.38 bits per heavy atom. The van der Waals surface area contributed by atoms with Crippen molar-refractivity contribution in [2.24, 2.45) is 5.73 Å². The summed E-state index contributed by atoms with van der Waals surface area (Å²) in [4.78, 5) is 9.38. The number of anilines is 1. The van der Waals surface area contributed by atoms with E-state index in [-0.39, 0.29) is 0 Å².